The lowest BCUT2D eigenvalue weighted by Crippen LogP contribution is -2.15. The molecule has 0 radical (unpaired) electrons. The van der Waals surface area contributed by atoms with Gasteiger partial charge >= 0.3 is 11.1 Å². The summed E-state index contributed by atoms with van der Waals surface area (Å²) in [6.45, 7) is 0. The quantitative estimate of drug-likeness (QED) is 0.526. The van der Waals surface area contributed by atoms with Crippen LogP contribution in [-0.4, -0.2) is 3.53 Å². The minimum atomic E-state index is -4.05. The maximum absolute atomic E-state index is 12.7. The van der Waals surface area contributed by atoms with Crippen LogP contribution in [0.1, 0.15) is 0 Å². The fraction of sp³-hybridized carbons (Fsp3) is 0.0769. The Morgan fingerprint density at radius 3 is 1.40 bits per heavy atom. The molecule has 0 saturated heterocycles. The van der Waals surface area contributed by atoms with Gasteiger partial charge < -0.3 is 9.05 Å². The van der Waals surface area contributed by atoms with Crippen LogP contribution in [0.15, 0.2) is 60.7 Å². The maximum atomic E-state index is 12.7. The summed E-state index contributed by atoms with van der Waals surface area (Å²) in [5.41, 5.74) is 0. The van der Waals surface area contributed by atoms with E-state index in [-0.39, 0.29) is 11.5 Å². The van der Waals surface area contributed by atoms with Gasteiger partial charge in [0.2, 0.25) is 0 Å². The third kappa shape index (κ3) is 3.83. The SMILES string of the molecule is O=P(Oc1ccccc1)(Oc1ccccc1)C(Cl)(Cl)Cl. The van der Waals surface area contributed by atoms with Crippen molar-refractivity contribution < 1.29 is 13.6 Å². The molecule has 2 aromatic carbocycles. The Kier molecular flexibility index (Phi) is 4.87. The van der Waals surface area contributed by atoms with Crippen LogP contribution in [0.25, 0.3) is 0 Å². The van der Waals surface area contributed by atoms with Crippen LogP contribution in [0.3, 0.4) is 0 Å². The highest BCUT2D eigenvalue weighted by atomic mass is 35.6. The summed E-state index contributed by atoms with van der Waals surface area (Å²) in [4.78, 5) is 0. The Morgan fingerprint density at radius 2 is 1.10 bits per heavy atom. The lowest BCUT2D eigenvalue weighted by Gasteiger charge is -2.25. The Hall–Kier alpha value is -0.860. The zero-order valence-electron chi connectivity index (χ0n) is 10.1. The molecule has 2 aromatic rings. The topological polar surface area (TPSA) is 35.5 Å². The van der Waals surface area contributed by atoms with Gasteiger partial charge in [0, 0.05) is 0 Å². The van der Waals surface area contributed by atoms with Gasteiger partial charge in [0.25, 0.3) is 0 Å². The molecule has 20 heavy (non-hydrogen) atoms. The summed E-state index contributed by atoms with van der Waals surface area (Å²) in [6, 6.07) is 16.8. The van der Waals surface area contributed by atoms with Crippen molar-refractivity contribution in [3.63, 3.8) is 0 Å². The fourth-order valence-corrected chi connectivity index (χ4v) is 3.03. The van der Waals surface area contributed by atoms with Crippen LogP contribution in [0, 0.1) is 0 Å². The van der Waals surface area contributed by atoms with Crippen LogP contribution >= 0.6 is 42.4 Å². The number of hydrogen-bond donors (Lipinski definition) is 0. The molecule has 0 fully saturated rings. The van der Waals surface area contributed by atoms with Crippen molar-refractivity contribution in [2.45, 2.75) is 3.53 Å². The van der Waals surface area contributed by atoms with Crippen LogP contribution in [0.2, 0.25) is 0 Å². The average Bonchev–Trinajstić information content (AvgIpc) is 2.39. The van der Waals surface area contributed by atoms with Crippen LogP contribution in [-0.2, 0) is 4.57 Å². The lowest BCUT2D eigenvalue weighted by atomic mass is 10.3. The van der Waals surface area contributed by atoms with Gasteiger partial charge in [-0.1, -0.05) is 71.2 Å². The van der Waals surface area contributed by atoms with Crippen molar-refractivity contribution in [1.29, 1.82) is 0 Å². The number of benzene rings is 2. The molecule has 106 valence electrons. The van der Waals surface area contributed by atoms with Crippen LogP contribution in [0.4, 0.5) is 0 Å². The predicted molar refractivity (Wildman–Crippen MR) is 82.0 cm³/mol. The zero-order valence-corrected chi connectivity index (χ0v) is 13.2. The fourth-order valence-electron chi connectivity index (χ4n) is 1.36. The molecular weight excluding hydrogens is 341 g/mol. The number of alkyl halides is 3. The van der Waals surface area contributed by atoms with E-state index in [1.165, 1.54) is 0 Å². The van der Waals surface area contributed by atoms with Crippen LogP contribution < -0.4 is 9.05 Å². The molecule has 7 heteroatoms. The summed E-state index contributed by atoms with van der Waals surface area (Å²) in [5.74, 6) is 0.580. The zero-order chi connectivity index (χ0) is 14.6. The minimum absolute atomic E-state index is 0.290. The molecule has 0 aliphatic rings. The normalized spacial score (nSPS) is 11.9. The molecule has 0 heterocycles. The monoisotopic (exact) mass is 350 g/mol. The molecule has 0 aliphatic carbocycles. The van der Waals surface area contributed by atoms with Gasteiger partial charge in [-0.25, -0.2) is 4.57 Å². The summed E-state index contributed by atoms with van der Waals surface area (Å²) in [6.07, 6.45) is 0. The second-order valence-corrected chi connectivity index (χ2v) is 8.88. The van der Waals surface area contributed by atoms with Gasteiger partial charge in [0.05, 0.1) is 0 Å². The Morgan fingerprint density at radius 1 is 0.750 bits per heavy atom. The molecule has 0 N–H and O–H groups in total. The summed E-state index contributed by atoms with van der Waals surface area (Å²) < 4.78 is 21.1. The Bertz CT molecular complexity index is 554. The molecule has 0 bridgehead atoms. The third-order valence-electron chi connectivity index (χ3n) is 2.25. The summed E-state index contributed by atoms with van der Waals surface area (Å²) >= 11 is 17.3. The van der Waals surface area contributed by atoms with Gasteiger partial charge in [0.1, 0.15) is 11.5 Å². The van der Waals surface area contributed by atoms with E-state index < -0.39 is 11.1 Å². The molecule has 0 atom stereocenters. The molecule has 0 spiro atoms. The van der Waals surface area contributed by atoms with E-state index in [1.807, 2.05) is 0 Å². The minimum Gasteiger partial charge on any atom is -0.413 e. The van der Waals surface area contributed by atoms with Gasteiger partial charge in [-0.3, -0.25) is 0 Å². The first kappa shape index (κ1) is 15.5. The molecule has 3 nitrogen and oxygen atoms in total. The van der Waals surface area contributed by atoms with E-state index in [0.717, 1.165) is 0 Å². The number of halogens is 3. The van der Waals surface area contributed by atoms with Crippen molar-refractivity contribution in [3.05, 3.63) is 60.7 Å². The number of para-hydroxylation sites is 2. The van der Waals surface area contributed by atoms with Crippen molar-refractivity contribution in [2.75, 3.05) is 0 Å². The first-order chi connectivity index (χ1) is 9.41. The van der Waals surface area contributed by atoms with Gasteiger partial charge in [0.15, 0.2) is 0 Å². The maximum Gasteiger partial charge on any atom is 0.482 e. The van der Waals surface area contributed by atoms with Gasteiger partial charge in [-0.05, 0) is 24.3 Å². The largest absolute Gasteiger partial charge is 0.482 e. The van der Waals surface area contributed by atoms with E-state index in [1.54, 1.807) is 60.7 Å². The first-order valence-electron chi connectivity index (χ1n) is 5.57. The van der Waals surface area contributed by atoms with E-state index in [0.29, 0.717) is 0 Å². The summed E-state index contributed by atoms with van der Waals surface area (Å²) in [7, 11) is -4.05. The lowest BCUT2D eigenvalue weighted by molar-refractivity contribution is 0.386. The number of hydrogen-bond acceptors (Lipinski definition) is 3. The van der Waals surface area contributed by atoms with E-state index in [9.17, 15) is 4.57 Å². The first-order valence-corrected chi connectivity index (χ1v) is 8.24. The van der Waals surface area contributed by atoms with Crippen molar-refractivity contribution in [2.24, 2.45) is 0 Å². The van der Waals surface area contributed by atoms with Crippen LogP contribution in [0.5, 0.6) is 11.5 Å². The smallest absolute Gasteiger partial charge is 0.413 e. The number of rotatable bonds is 4. The highest BCUT2D eigenvalue weighted by molar-refractivity contribution is 7.63. The van der Waals surface area contributed by atoms with Crippen molar-refractivity contribution in [3.8, 4) is 11.5 Å². The van der Waals surface area contributed by atoms with E-state index in [2.05, 4.69) is 0 Å². The molecule has 0 unspecified atom stereocenters. The van der Waals surface area contributed by atoms with Gasteiger partial charge in [-0.2, -0.15) is 0 Å². The molecule has 0 saturated carbocycles. The summed E-state index contributed by atoms with van der Waals surface area (Å²) in [5, 5.41) is 0. The van der Waals surface area contributed by atoms with Crippen molar-refractivity contribution >= 4 is 42.4 Å². The molecular formula is C13H10Cl3O3P. The predicted octanol–water partition coefficient (Wildman–Crippen LogP) is 5.67. The molecule has 0 amide bonds. The standard InChI is InChI=1S/C13H10Cl3O3P/c14-13(15,16)20(17,18-11-7-3-1-4-8-11)19-12-9-5-2-6-10-12/h1-10H. The second-order valence-electron chi connectivity index (χ2n) is 3.77. The third-order valence-corrected chi connectivity index (χ3v) is 5.63. The van der Waals surface area contributed by atoms with E-state index >= 15 is 0 Å². The molecule has 0 aromatic heterocycles. The Labute approximate surface area is 131 Å². The van der Waals surface area contributed by atoms with Gasteiger partial charge in [-0.15, -0.1) is 0 Å². The highest BCUT2D eigenvalue weighted by Crippen LogP contribution is 2.65. The van der Waals surface area contributed by atoms with E-state index in [4.69, 9.17) is 43.9 Å². The average molecular weight is 352 g/mol. The molecule has 0 aliphatic heterocycles. The van der Waals surface area contributed by atoms with Crippen molar-refractivity contribution in [1.82, 2.24) is 0 Å². The second kappa shape index (κ2) is 6.28. The molecule has 2 rings (SSSR count). The highest BCUT2D eigenvalue weighted by Gasteiger charge is 2.51. The Balaban J connectivity index is 2.30.